The second-order valence-electron chi connectivity index (χ2n) is 4.75. The van der Waals surface area contributed by atoms with E-state index in [1.54, 1.807) is 7.05 Å². The van der Waals surface area contributed by atoms with Crippen LogP contribution in [0, 0.1) is 0 Å². The Morgan fingerprint density at radius 3 is 2.04 bits per heavy atom. The van der Waals surface area contributed by atoms with Crippen LogP contribution in [-0.2, 0) is 28.5 Å². The van der Waals surface area contributed by atoms with Crippen LogP contribution in [0.1, 0.15) is 12.8 Å². The highest BCUT2D eigenvalue weighted by molar-refractivity contribution is 5.79. The molecule has 0 atom stereocenters. The summed E-state index contributed by atoms with van der Waals surface area (Å²) in [4.78, 5) is 22.4. The lowest BCUT2D eigenvalue weighted by molar-refractivity contribution is -0.126. The third-order valence-electron chi connectivity index (χ3n) is 2.76. The van der Waals surface area contributed by atoms with Gasteiger partial charge in [0.25, 0.3) is 0 Å². The molecule has 0 radical (unpaired) electrons. The van der Waals surface area contributed by atoms with Gasteiger partial charge in [-0.2, -0.15) is 0 Å². The molecular formula is C15H30N2O6. The molecule has 0 aromatic rings. The number of carbonyl (C=O) groups excluding carboxylic acids is 2. The van der Waals surface area contributed by atoms with Crippen molar-refractivity contribution in [2.45, 2.75) is 12.8 Å². The fourth-order valence-electron chi connectivity index (χ4n) is 1.48. The first-order valence-electron chi connectivity index (χ1n) is 7.88. The predicted octanol–water partition coefficient (Wildman–Crippen LogP) is -0.632. The number of ketones is 1. The molecule has 0 aromatic heterocycles. The number of Topliss-reactive ketones (excluding diaryl/α,β-unsaturated/α-hetero) is 1. The molecule has 0 heterocycles. The minimum atomic E-state index is -0.164. The smallest absolute Gasteiger partial charge is 0.245 e. The first-order chi connectivity index (χ1) is 11.2. The van der Waals surface area contributed by atoms with E-state index in [1.807, 2.05) is 7.05 Å². The molecule has 8 nitrogen and oxygen atoms in total. The first kappa shape index (κ1) is 21.9. The Morgan fingerprint density at radius 2 is 1.39 bits per heavy atom. The maximum atomic E-state index is 11.5. The van der Waals surface area contributed by atoms with Gasteiger partial charge in [-0.15, -0.1) is 0 Å². The van der Waals surface area contributed by atoms with Crippen LogP contribution in [0.15, 0.2) is 0 Å². The SMILES string of the molecule is CNCCOCCOCC(=O)CCCOCCOCC(=O)NC. The van der Waals surface area contributed by atoms with Gasteiger partial charge in [0.1, 0.15) is 13.2 Å². The monoisotopic (exact) mass is 334 g/mol. The molecule has 136 valence electrons. The molecule has 0 aliphatic carbocycles. The Kier molecular flexibility index (Phi) is 16.5. The standard InChI is InChI=1S/C15H30N2O6/c1-16-5-7-21-9-10-22-12-14(18)4-3-6-20-8-11-23-13-15(19)17-2/h16H,3-13H2,1-2H3,(H,17,19). The van der Waals surface area contributed by atoms with Gasteiger partial charge >= 0.3 is 0 Å². The Hall–Kier alpha value is -1.06. The Morgan fingerprint density at radius 1 is 0.783 bits per heavy atom. The average Bonchev–Trinajstić information content (AvgIpc) is 2.56. The summed E-state index contributed by atoms with van der Waals surface area (Å²) in [6.07, 6.45) is 1.08. The Bertz CT molecular complexity index is 302. The van der Waals surface area contributed by atoms with Crippen molar-refractivity contribution in [3.8, 4) is 0 Å². The van der Waals surface area contributed by atoms with Gasteiger partial charge in [0.05, 0.1) is 33.0 Å². The van der Waals surface area contributed by atoms with E-state index in [9.17, 15) is 9.59 Å². The van der Waals surface area contributed by atoms with Gasteiger partial charge in [-0.3, -0.25) is 9.59 Å². The van der Waals surface area contributed by atoms with E-state index < -0.39 is 0 Å². The largest absolute Gasteiger partial charge is 0.379 e. The first-order valence-corrected chi connectivity index (χ1v) is 7.88. The van der Waals surface area contributed by atoms with Crippen molar-refractivity contribution in [2.75, 3.05) is 73.5 Å². The lowest BCUT2D eigenvalue weighted by atomic mass is 10.2. The molecule has 0 aliphatic rings. The number of rotatable bonds is 17. The Labute approximate surface area is 138 Å². The molecule has 2 N–H and O–H groups in total. The summed E-state index contributed by atoms with van der Waals surface area (Å²) in [7, 11) is 3.42. The number of nitrogens with one attached hydrogen (secondary N) is 2. The second kappa shape index (κ2) is 17.3. The zero-order chi connectivity index (χ0) is 17.2. The van der Waals surface area contributed by atoms with E-state index in [-0.39, 0.29) is 24.9 Å². The van der Waals surface area contributed by atoms with Gasteiger partial charge < -0.3 is 29.6 Å². The van der Waals surface area contributed by atoms with Crippen LogP contribution in [0.4, 0.5) is 0 Å². The number of hydrogen-bond donors (Lipinski definition) is 2. The molecule has 0 spiro atoms. The highest BCUT2D eigenvalue weighted by Gasteiger charge is 2.02. The minimum Gasteiger partial charge on any atom is -0.379 e. The molecule has 8 heteroatoms. The van der Waals surface area contributed by atoms with Gasteiger partial charge in [-0.25, -0.2) is 0 Å². The molecule has 0 unspecified atom stereocenters. The van der Waals surface area contributed by atoms with E-state index in [2.05, 4.69) is 10.6 Å². The molecule has 23 heavy (non-hydrogen) atoms. The van der Waals surface area contributed by atoms with Gasteiger partial charge in [-0.1, -0.05) is 0 Å². The van der Waals surface area contributed by atoms with Crippen molar-refractivity contribution >= 4 is 11.7 Å². The van der Waals surface area contributed by atoms with Crippen LogP contribution in [0.25, 0.3) is 0 Å². The normalized spacial score (nSPS) is 10.7. The third kappa shape index (κ3) is 17.1. The number of amides is 1. The van der Waals surface area contributed by atoms with Crippen molar-refractivity contribution in [3.63, 3.8) is 0 Å². The Balaban J connectivity index is 3.20. The molecule has 0 saturated carbocycles. The molecule has 0 saturated heterocycles. The second-order valence-corrected chi connectivity index (χ2v) is 4.75. The highest BCUT2D eigenvalue weighted by Crippen LogP contribution is 1.94. The molecule has 0 aliphatic heterocycles. The average molecular weight is 334 g/mol. The maximum absolute atomic E-state index is 11.5. The van der Waals surface area contributed by atoms with Crippen LogP contribution >= 0.6 is 0 Å². The minimum absolute atomic E-state index is 0.0361. The van der Waals surface area contributed by atoms with Crippen molar-refractivity contribution < 1.29 is 28.5 Å². The summed E-state index contributed by atoms with van der Waals surface area (Å²) in [6, 6.07) is 0. The zero-order valence-electron chi connectivity index (χ0n) is 14.2. The van der Waals surface area contributed by atoms with E-state index in [0.717, 1.165) is 6.54 Å². The summed E-state index contributed by atoms with van der Waals surface area (Å²) in [6.45, 7) is 3.77. The predicted molar refractivity (Wildman–Crippen MR) is 85.5 cm³/mol. The van der Waals surface area contributed by atoms with Crippen molar-refractivity contribution in [2.24, 2.45) is 0 Å². The van der Waals surface area contributed by atoms with Crippen LogP contribution in [0.3, 0.4) is 0 Å². The molecule has 0 aromatic carbocycles. The third-order valence-corrected chi connectivity index (χ3v) is 2.76. The maximum Gasteiger partial charge on any atom is 0.245 e. The quantitative estimate of drug-likeness (QED) is 0.342. The number of likely N-dealkylation sites (N-methyl/N-ethyl adjacent to an activating group) is 2. The number of hydrogen-bond acceptors (Lipinski definition) is 7. The van der Waals surface area contributed by atoms with Crippen molar-refractivity contribution in [3.05, 3.63) is 0 Å². The van der Waals surface area contributed by atoms with Crippen molar-refractivity contribution in [1.29, 1.82) is 0 Å². The van der Waals surface area contributed by atoms with Crippen molar-refractivity contribution in [1.82, 2.24) is 10.6 Å². The fourth-order valence-corrected chi connectivity index (χ4v) is 1.48. The van der Waals surface area contributed by atoms with Crippen LogP contribution < -0.4 is 10.6 Å². The number of ether oxygens (including phenoxy) is 4. The van der Waals surface area contributed by atoms with Crippen LogP contribution in [0.5, 0.6) is 0 Å². The molecule has 0 bridgehead atoms. The van der Waals surface area contributed by atoms with Crippen LogP contribution in [-0.4, -0.2) is 85.2 Å². The van der Waals surface area contributed by atoms with E-state index in [0.29, 0.717) is 52.5 Å². The molecular weight excluding hydrogens is 304 g/mol. The summed E-state index contributed by atoms with van der Waals surface area (Å²) in [5.74, 6) is -0.109. The van der Waals surface area contributed by atoms with Gasteiger partial charge in [-0.05, 0) is 13.5 Å². The van der Waals surface area contributed by atoms with Gasteiger partial charge in [0, 0.05) is 26.6 Å². The zero-order valence-corrected chi connectivity index (χ0v) is 14.2. The lowest BCUT2D eigenvalue weighted by Crippen LogP contribution is -2.24. The van der Waals surface area contributed by atoms with E-state index in [1.165, 1.54) is 0 Å². The lowest BCUT2D eigenvalue weighted by Gasteiger charge is -2.06. The van der Waals surface area contributed by atoms with Gasteiger partial charge in [0.2, 0.25) is 5.91 Å². The summed E-state index contributed by atoms with van der Waals surface area (Å²) >= 11 is 0. The summed E-state index contributed by atoms with van der Waals surface area (Å²) in [5.41, 5.74) is 0. The topological polar surface area (TPSA) is 95.1 Å². The number of carbonyl (C=O) groups is 2. The van der Waals surface area contributed by atoms with E-state index in [4.69, 9.17) is 18.9 Å². The van der Waals surface area contributed by atoms with E-state index >= 15 is 0 Å². The summed E-state index contributed by atoms with van der Waals surface area (Å²) in [5, 5.41) is 5.43. The molecule has 1 amide bonds. The van der Waals surface area contributed by atoms with Gasteiger partial charge in [0.15, 0.2) is 5.78 Å². The highest BCUT2D eigenvalue weighted by atomic mass is 16.5. The molecule has 0 rings (SSSR count). The van der Waals surface area contributed by atoms with Crippen LogP contribution in [0.2, 0.25) is 0 Å². The summed E-state index contributed by atoms with van der Waals surface area (Å²) < 4.78 is 20.9. The fraction of sp³-hybridized carbons (Fsp3) is 0.867. The molecule has 0 fully saturated rings.